The fourth-order valence-electron chi connectivity index (χ4n) is 2.00. The Hall–Kier alpha value is -1.56. The van der Waals surface area contributed by atoms with Gasteiger partial charge < -0.3 is 15.3 Å². The second-order valence-corrected chi connectivity index (χ2v) is 5.02. The SMILES string of the molecule is CC(=O)NC1CCN(c2csc(C(=O)O)c2)C1. The van der Waals surface area contributed by atoms with Crippen LogP contribution in [0.5, 0.6) is 0 Å². The molecule has 1 fully saturated rings. The van der Waals surface area contributed by atoms with Gasteiger partial charge in [0.15, 0.2) is 0 Å². The van der Waals surface area contributed by atoms with Gasteiger partial charge in [-0.25, -0.2) is 4.79 Å². The van der Waals surface area contributed by atoms with Crippen LogP contribution in [0.25, 0.3) is 0 Å². The minimum atomic E-state index is -0.890. The second kappa shape index (κ2) is 4.75. The number of rotatable bonds is 3. The van der Waals surface area contributed by atoms with Crippen molar-refractivity contribution in [2.24, 2.45) is 0 Å². The predicted octanol–water partition coefficient (Wildman–Crippen LogP) is 1.16. The number of nitrogens with zero attached hydrogens (tertiary/aromatic N) is 1. The van der Waals surface area contributed by atoms with Gasteiger partial charge in [0.05, 0.1) is 0 Å². The molecule has 0 bridgehead atoms. The molecule has 0 spiro atoms. The van der Waals surface area contributed by atoms with Gasteiger partial charge in [-0.05, 0) is 12.5 Å². The number of aromatic carboxylic acids is 1. The van der Waals surface area contributed by atoms with E-state index in [2.05, 4.69) is 10.2 Å². The Morgan fingerprint density at radius 2 is 2.35 bits per heavy atom. The van der Waals surface area contributed by atoms with Crippen molar-refractivity contribution in [2.45, 2.75) is 19.4 Å². The maximum absolute atomic E-state index is 10.9. The molecule has 92 valence electrons. The van der Waals surface area contributed by atoms with Gasteiger partial charge in [0.1, 0.15) is 4.88 Å². The molecule has 1 aliphatic rings. The lowest BCUT2D eigenvalue weighted by Crippen LogP contribution is -2.35. The van der Waals surface area contributed by atoms with Crippen LogP contribution in [0.4, 0.5) is 5.69 Å². The van der Waals surface area contributed by atoms with Crippen molar-refractivity contribution in [3.8, 4) is 0 Å². The van der Waals surface area contributed by atoms with E-state index >= 15 is 0 Å². The fourth-order valence-corrected chi connectivity index (χ4v) is 2.76. The molecule has 2 heterocycles. The molecule has 1 unspecified atom stereocenters. The molecule has 1 saturated heterocycles. The van der Waals surface area contributed by atoms with Crippen LogP contribution in [0.15, 0.2) is 11.4 Å². The number of anilines is 1. The monoisotopic (exact) mass is 254 g/mol. The Labute approximate surface area is 103 Å². The van der Waals surface area contributed by atoms with Gasteiger partial charge in [0, 0.05) is 37.1 Å². The lowest BCUT2D eigenvalue weighted by Gasteiger charge is -2.16. The largest absolute Gasteiger partial charge is 0.477 e. The third kappa shape index (κ3) is 2.76. The van der Waals surface area contributed by atoms with Gasteiger partial charge in [-0.3, -0.25) is 4.79 Å². The normalized spacial score (nSPS) is 19.4. The molecule has 1 aromatic rings. The Morgan fingerprint density at radius 1 is 1.59 bits per heavy atom. The minimum absolute atomic E-state index is 0.0200. The highest BCUT2D eigenvalue weighted by molar-refractivity contribution is 7.12. The smallest absolute Gasteiger partial charge is 0.345 e. The average molecular weight is 254 g/mol. The van der Waals surface area contributed by atoms with Crippen LogP contribution in [-0.2, 0) is 4.79 Å². The van der Waals surface area contributed by atoms with Crippen molar-refractivity contribution in [2.75, 3.05) is 18.0 Å². The molecule has 2 rings (SSSR count). The van der Waals surface area contributed by atoms with Gasteiger partial charge in [-0.15, -0.1) is 11.3 Å². The summed E-state index contributed by atoms with van der Waals surface area (Å²) in [7, 11) is 0. The molecule has 1 atom stereocenters. The van der Waals surface area contributed by atoms with Crippen LogP contribution in [0.2, 0.25) is 0 Å². The number of carboxylic acids is 1. The Kier molecular flexibility index (Phi) is 3.33. The average Bonchev–Trinajstić information content (AvgIpc) is 2.83. The lowest BCUT2D eigenvalue weighted by molar-refractivity contribution is -0.119. The third-order valence-corrected chi connectivity index (χ3v) is 3.66. The molecule has 5 nitrogen and oxygen atoms in total. The quantitative estimate of drug-likeness (QED) is 0.849. The van der Waals surface area contributed by atoms with E-state index < -0.39 is 5.97 Å². The molecule has 1 amide bonds. The highest BCUT2D eigenvalue weighted by atomic mass is 32.1. The molecule has 6 heteroatoms. The number of hydrogen-bond acceptors (Lipinski definition) is 4. The van der Waals surface area contributed by atoms with Gasteiger partial charge in [-0.2, -0.15) is 0 Å². The van der Waals surface area contributed by atoms with E-state index in [1.807, 2.05) is 5.38 Å². The van der Waals surface area contributed by atoms with E-state index in [9.17, 15) is 9.59 Å². The van der Waals surface area contributed by atoms with Crippen LogP contribution >= 0.6 is 11.3 Å². The lowest BCUT2D eigenvalue weighted by atomic mass is 10.2. The summed E-state index contributed by atoms with van der Waals surface area (Å²) in [4.78, 5) is 24.2. The number of amides is 1. The standard InChI is InChI=1S/C11H14N2O3S/c1-7(14)12-8-2-3-13(5-8)9-4-10(11(15)16)17-6-9/h4,6,8H,2-3,5H2,1H3,(H,12,14)(H,15,16). The molecule has 0 aromatic carbocycles. The summed E-state index contributed by atoms with van der Waals surface area (Å²) in [5.74, 6) is -0.910. The number of thiophene rings is 1. The summed E-state index contributed by atoms with van der Waals surface area (Å²) in [6.07, 6.45) is 0.901. The van der Waals surface area contributed by atoms with Crippen LogP contribution in [-0.4, -0.2) is 36.1 Å². The third-order valence-electron chi connectivity index (χ3n) is 2.76. The Morgan fingerprint density at radius 3 is 2.94 bits per heavy atom. The number of hydrogen-bond donors (Lipinski definition) is 2. The second-order valence-electron chi connectivity index (χ2n) is 4.11. The molecule has 0 saturated carbocycles. The van der Waals surface area contributed by atoms with Crippen molar-refractivity contribution in [3.05, 3.63) is 16.3 Å². The maximum Gasteiger partial charge on any atom is 0.345 e. The molecule has 1 aliphatic heterocycles. The summed E-state index contributed by atoms with van der Waals surface area (Å²) >= 11 is 1.23. The van der Waals surface area contributed by atoms with Crippen LogP contribution < -0.4 is 10.2 Å². The summed E-state index contributed by atoms with van der Waals surface area (Å²) in [5, 5.41) is 13.6. The maximum atomic E-state index is 10.9. The van der Waals surface area contributed by atoms with Crippen molar-refractivity contribution in [1.82, 2.24) is 5.32 Å². The number of nitrogens with one attached hydrogen (secondary N) is 1. The summed E-state index contributed by atoms with van der Waals surface area (Å²) < 4.78 is 0. The topological polar surface area (TPSA) is 69.6 Å². The molecular formula is C11H14N2O3S. The van der Waals surface area contributed by atoms with Crippen LogP contribution in [0.3, 0.4) is 0 Å². The van der Waals surface area contributed by atoms with Crippen molar-refractivity contribution in [1.29, 1.82) is 0 Å². The zero-order valence-electron chi connectivity index (χ0n) is 9.47. The van der Waals surface area contributed by atoms with E-state index in [1.54, 1.807) is 6.07 Å². The Balaban J connectivity index is 1.99. The fraction of sp³-hybridized carbons (Fsp3) is 0.455. The molecule has 0 radical (unpaired) electrons. The zero-order valence-corrected chi connectivity index (χ0v) is 10.3. The van der Waals surface area contributed by atoms with Gasteiger partial charge >= 0.3 is 5.97 Å². The number of carboxylic acid groups (broad SMARTS) is 1. The van der Waals surface area contributed by atoms with E-state index in [1.165, 1.54) is 18.3 Å². The first kappa shape index (κ1) is 11.9. The van der Waals surface area contributed by atoms with Gasteiger partial charge in [-0.1, -0.05) is 0 Å². The first-order valence-electron chi connectivity index (χ1n) is 5.40. The van der Waals surface area contributed by atoms with Crippen molar-refractivity contribution < 1.29 is 14.7 Å². The van der Waals surface area contributed by atoms with E-state index in [0.29, 0.717) is 4.88 Å². The van der Waals surface area contributed by atoms with E-state index in [4.69, 9.17) is 5.11 Å². The van der Waals surface area contributed by atoms with E-state index in [0.717, 1.165) is 25.2 Å². The first-order valence-corrected chi connectivity index (χ1v) is 6.28. The first-order chi connectivity index (χ1) is 8.06. The van der Waals surface area contributed by atoms with Crippen molar-refractivity contribution in [3.63, 3.8) is 0 Å². The van der Waals surface area contributed by atoms with Crippen LogP contribution in [0, 0.1) is 0 Å². The summed E-state index contributed by atoms with van der Waals surface area (Å²) in [6.45, 7) is 3.10. The minimum Gasteiger partial charge on any atom is -0.477 e. The van der Waals surface area contributed by atoms with E-state index in [-0.39, 0.29) is 11.9 Å². The van der Waals surface area contributed by atoms with Crippen molar-refractivity contribution >= 4 is 28.9 Å². The number of carbonyl (C=O) groups is 2. The highest BCUT2D eigenvalue weighted by Gasteiger charge is 2.24. The molecule has 0 aliphatic carbocycles. The predicted molar refractivity (Wildman–Crippen MR) is 65.7 cm³/mol. The highest BCUT2D eigenvalue weighted by Crippen LogP contribution is 2.26. The summed E-state index contributed by atoms with van der Waals surface area (Å²) in [5.41, 5.74) is 0.931. The molecular weight excluding hydrogens is 240 g/mol. The van der Waals surface area contributed by atoms with Crippen LogP contribution in [0.1, 0.15) is 23.0 Å². The zero-order chi connectivity index (χ0) is 12.4. The molecule has 17 heavy (non-hydrogen) atoms. The number of carbonyl (C=O) groups excluding carboxylic acids is 1. The molecule has 1 aromatic heterocycles. The van der Waals surface area contributed by atoms with Gasteiger partial charge in [0.25, 0.3) is 0 Å². The summed E-state index contributed by atoms with van der Waals surface area (Å²) in [6, 6.07) is 1.85. The molecule has 2 N–H and O–H groups in total. The van der Waals surface area contributed by atoms with Gasteiger partial charge in [0.2, 0.25) is 5.91 Å². The Bertz CT molecular complexity index is 444.